The Morgan fingerprint density at radius 3 is 1.33 bits per heavy atom. The fourth-order valence-electron chi connectivity index (χ4n) is 0.910. The van der Waals surface area contributed by atoms with Gasteiger partial charge in [-0.2, -0.15) is 0 Å². The molecule has 9 heteroatoms. The van der Waals surface area contributed by atoms with E-state index < -0.39 is 12.4 Å². The zero-order valence-electron chi connectivity index (χ0n) is 11.4. The molecule has 2 rings (SSSR count). The molecule has 2 heterocycles. The third kappa shape index (κ3) is 12.6. The standard InChI is InChI=1S/2C6H7N.2BrH.2NO.W/c2*1-6-4-2-3-5-7-6;;;2*1-2;/h2*2-5H,1H3;2*1H;;;/q;;;;2*-1;+4/p-2. The zero-order chi connectivity index (χ0) is 16.1. The van der Waals surface area contributed by atoms with E-state index in [9.17, 15) is 9.81 Å². The number of nitroso groups, excluding NO2 is 2. The van der Waals surface area contributed by atoms with Crippen molar-refractivity contribution in [2.24, 2.45) is 7.47 Å². The third-order valence-electron chi connectivity index (χ3n) is 1.80. The van der Waals surface area contributed by atoms with Crippen LogP contribution in [0.3, 0.4) is 0 Å². The monoisotopic (exact) mass is 588 g/mol. The summed E-state index contributed by atoms with van der Waals surface area (Å²) in [6.45, 7) is 3.94. The Morgan fingerprint density at radius 2 is 1.24 bits per heavy atom. The Kier molecular flexibility index (Phi) is 11.3. The Hall–Kier alpha value is -0.852. The number of rotatable bonds is 2. The molecule has 0 N–H and O–H groups in total. The van der Waals surface area contributed by atoms with E-state index in [-0.39, 0.29) is 0 Å². The molecule has 0 saturated heterocycles. The van der Waals surface area contributed by atoms with Crippen LogP contribution >= 0.6 is 26.6 Å². The van der Waals surface area contributed by atoms with E-state index in [2.05, 4.69) is 44.0 Å². The second kappa shape index (κ2) is 11.8. The SMILES string of the molecule is Cc1ccccn1.Cc1ccccn1.O=[N][W]([Br])([Br])[N]=O. The first-order valence-corrected chi connectivity index (χ1v) is 21.0. The Labute approximate surface area is 139 Å². The van der Waals surface area contributed by atoms with Crippen LogP contribution in [0.5, 0.6) is 0 Å². The van der Waals surface area contributed by atoms with Crippen molar-refractivity contribution >= 4 is 26.6 Å². The predicted molar refractivity (Wildman–Crippen MR) is 87.4 cm³/mol. The molecule has 0 unspecified atom stereocenters. The summed E-state index contributed by atoms with van der Waals surface area (Å²) in [4.78, 5) is 27.0. The van der Waals surface area contributed by atoms with Gasteiger partial charge in [0, 0.05) is 23.8 Å². The third-order valence-corrected chi connectivity index (χ3v) is 6.96. The summed E-state index contributed by atoms with van der Waals surface area (Å²) in [5.41, 5.74) is 2.14. The van der Waals surface area contributed by atoms with E-state index in [0.717, 1.165) is 11.4 Å². The van der Waals surface area contributed by atoms with Crippen LogP contribution in [0, 0.1) is 23.7 Å². The van der Waals surface area contributed by atoms with Gasteiger partial charge in [0.25, 0.3) is 0 Å². The van der Waals surface area contributed by atoms with Gasteiger partial charge in [-0.3, -0.25) is 9.97 Å². The maximum absolute atomic E-state index is 9.51. The van der Waals surface area contributed by atoms with Crippen LogP contribution in [0.2, 0.25) is 0 Å². The second-order valence-corrected chi connectivity index (χ2v) is 29.5. The van der Waals surface area contributed by atoms with E-state index in [1.807, 2.05) is 50.2 Å². The van der Waals surface area contributed by atoms with Crippen LogP contribution in [-0.4, -0.2) is 9.97 Å². The molecule has 0 amide bonds. The van der Waals surface area contributed by atoms with Crippen LogP contribution in [0.1, 0.15) is 11.4 Å². The van der Waals surface area contributed by atoms with Gasteiger partial charge < -0.3 is 0 Å². The fourth-order valence-corrected chi connectivity index (χ4v) is 1.01. The van der Waals surface area contributed by atoms with Gasteiger partial charge in [0.15, 0.2) is 0 Å². The van der Waals surface area contributed by atoms with Crippen molar-refractivity contribution < 1.29 is 12.4 Å². The van der Waals surface area contributed by atoms with Crippen molar-refractivity contribution in [1.29, 1.82) is 0 Å². The number of aromatic nitrogens is 2. The first kappa shape index (κ1) is 20.1. The molecule has 0 bridgehead atoms. The van der Waals surface area contributed by atoms with E-state index in [0.29, 0.717) is 0 Å². The van der Waals surface area contributed by atoms with Crippen molar-refractivity contribution in [1.82, 2.24) is 9.97 Å². The topological polar surface area (TPSA) is 84.6 Å². The van der Waals surface area contributed by atoms with Crippen molar-refractivity contribution in [3.05, 3.63) is 70.0 Å². The Balaban J connectivity index is 0.000000286. The molecule has 0 aliphatic carbocycles. The van der Waals surface area contributed by atoms with Gasteiger partial charge in [-0.25, -0.2) is 0 Å². The van der Waals surface area contributed by atoms with Crippen LogP contribution < -0.4 is 0 Å². The van der Waals surface area contributed by atoms with Crippen LogP contribution in [0.4, 0.5) is 0 Å². The molecule has 21 heavy (non-hydrogen) atoms. The molecule has 0 aliphatic heterocycles. The van der Waals surface area contributed by atoms with Crippen LogP contribution in [-0.2, 0) is 12.4 Å². The number of aryl methyl sites for hydroxylation is 2. The average molecular weight is 590 g/mol. The number of pyridine rings is 2. The Morgan fingerprint density at radius 1 is 0.857 bits per heavy atom. The van der Waals surface area contributed by atoms with Gasteiger partial charge in [-0.1, -0.05) is 12.1 Å². The number of nitrogens with zero attached hydrogens (tertiary/aromatic N) is 4. The number of hydrogen-bond acceptors (Lipinski definition) is 6. The molecule has 0 atom stereocenters. The predicted octanol–water partition coefficient (Wildman–Crippen LogP) is 4.90. The maximum atomic E-state index is 9.51. The van der Waals surface area contributed by atoms with Crippen molar-refractivity contribution in [3.8, 4) is 0 Å². The molecular weight excluding hydrogens is 576 g/mol. The molecule has 0 spiro atoms. The minimum atomic E-state index is -3.50. The average Bonchev–Trinajstić information content (AvgIpc) is 2.50. The zero-order valence-corrected chi connectivity index (χ0v) is 17.5. The molecule has 0 radical (unpaired) electrons. The first-order chi connectivity index (χ1) is 9.91. The molecule has 2 aromatic heterocycles. The summed E-state index contributed by atoms with van der Waals surface area (Å²) in [6.07, 6.45) is 3.57. The van der Waals surface area contributed by atoms with Crippen molar-refractivity contribution in [2.75, 3.05) is 0 Å². The summed E-state index contributed by atoms with van der Waals surface area (Å²) in [5, 5.41) is 0. The van der Waals surface area contributed by atoms with Gasteiger partial charge in [-0.05, 0) is 38.1 Å². The van der Waals surface area contributed by atoms with Crippen LogP contribution in [0.15, 0.2) is 56.3 Å². The number of halogens is 2. The molecule has 6 nitrogen and oxygen atoms in total. The first-order valence-electron chi connectivity index (χ1n) is 5.58. The molecule has 2 aromatic rings. The van der Waals surface area contributed by atoms with Gasteiger partial charge in [0.2, 0.25) is 0 Å². The molecule has 0 aromatic carbocycles. The minimum absolute atomic E-state index is 1.07. The van der Waals surface area contributed by atoms with Gasteiger partial charge in [0.1, 0.15) is 0 Å². The van der Waals surface area contributed by atoms with E-state index in [1.165, 1.54) is 0 Å². The van der Waals surface area contributed by atoms with E-state index in [4.69, 9.17) is 0 Å². The van der Waals surface area contributed by atoms with E-state index in [1.54, 1.807) is 12.4 Å². The van der Waals surface area contributed by atoms with E-state index >= 15 is 0 Å². The number of hydrogen-bond donors (Lipinski definition) is 0. The van der Waals surface area contributed by atoms with Gasteiger partial charge in [0.05, 0.1) is 0 Å². The van der Waals surface area contributed by atoms with Gasteiger partial charge in [-0.15, -0.1) is 0 Å². The molecule has 0 fully saturated rings. The van der Waals surface area contributed by atoms with Crippen molar-refractivity contribution in [3.63, 3.8) is 0 Å². The Bertz CT molecular complexity index is 482. The van der Waals surface area contributed by atoms with Gasteiger partial charge >= 0.3 is 56.3 Å². The summed E-state index contributed by atoms with van der Waals surface area (Å²) in [5.74, 6) is 0. The molecule has 0 aliphatic rings. The normalized spacial score (nSPS) is 10.1. The van der Waals surface area contributed by atoms with Crippen LogP contribution in [0.25, 0.3) is 0 Å². The summed E-state index contributed by atoms with van der Waals surface area (Å²) in [7, 11) is 0. The second-order valence-electron chi connectivity index (χ2n) is 3.51. The molecular formula is C12H14Br2N4O2W. The summed E-state index contributed by atoms with van der Waals surface area (Å²) in [6, 6.07) is 11.7. The van der Waals surface area contributed by atoms with Crippen molar-refractivity contribution in [2.45, 2.75) is 13.8 Å². The summed E-state index contributed by atoms with van der Waals surface area (Å²) < 4.78 is 4.90. The molecule has 0 saturated carbocycles. The molecule has 114 valence electrons. The fraction of sp³-hybridized carbons (Fsp3) is 0.167. The quantitative estimate of drug-likeness (QED) is 0.467. The summed E-state index contributed by atoms with van der Waals surface area (Å²) >= 11 is 1.99.